The standard InChI is InChI=1S/C21H23N5O3S/c1-2-3-12-24-19(28)18-16(10-13-30-18)26-20(24)23-25(21(26)29)14-17(27)22-11-9-15-7-5-4-6-8-15/h4-8,10,13H,2-3,9,11-12,14H2,1H3,(H,22,27). The van der Waals surface area contributed by atoms with E-state index in [1.165, 1.54) is 20.3 Å². The third-order valence-corrected chi connectivity index (χ3v) is 5.89. The number of carbonyl (C=O) groups excluding carboxylic acids is 1. The Morgan fingerprint density at radius 2 is 1.97 bits per heavy atom. The summed E-state index contributed by atoms with van der Waals surface area (Å²) in [6.45, 7) is 2.80. The molecule has 0 saturated carbocycles. The van der Waals surface area contributed by atoms with Crippen LogP contribution in [0, 0.1) is 0 Å². The van der Waals surface area contributed by atoms with Crippen LogP contribution in [0.1, 0.15) is 25.3 Å². The van der Waals surface area contributed by atoms with E-state index in [0.717, 1.165) is 23.1 Å². The van der Waals surface area contributed by atoms with Crippen molar-refractivity contribution < 1.29 is 4.79 Å². The third-order valence-electron chi connectivity index (χ3n) is 5.00. The molecule has 9 heteroatoms. The number of carbonyl (C=O) groups is 1. The molecule has 0 aliphatic heterocycles. The average molecular weight is 426 g/mol. The van der Waals surface area contributed by atoms with E-state index >= 15 is 0 Å². The number of thiophene rings is 1. The number of nitrogens with one attached hydrogen (secondary N) is 1. The van der Waals surface area contributed by atoms with Crippen molar-refractivity contribution in [3.8, 4) is 0 Å². The molecule has 1 amide bonds. The van der Waals surface area contributed by atoms with Gasteiger partial charge in [-0.25, -0.2) is 13.9 Å². The molecule has 0 saturated heterocycles. The van der Waals surface area contributed by atoms with Crippen molar-refractivity contribution in [2.45, 2.75) is 39.3 Å². The zero-order chi connectivity index (χ0) is 21.1. The number of aromatic nitrogens is 4. The predicted octanol–water partition coefficient (Wildman–Crippen LogP) is 2.03. The van der Waals surface area contributed by atoms with Crippen LogP contribution in [0.5, 0.6) is 0 Å². The summed E-state index contributed by atoms with van der Waals surface area (Å²) in [5.41, 5.74) is 1.10. The van der Waals surface area contributed by atoms with Crippen molar-refractivity contribution in [1.29, 1.82) is 0 Å². The summed E-state index contributed by atoms with van der Waals surface area (Å²) >= 11 is 1.31. The maximum Gasteiger partial charge on any atom is 0.352 e. The van der Waals surface area contributed by atoms with E-state index in [1.807, 2.05) is 37.3 Å². The number of fused-ring (bicyclic) bond motifs is 3. The fourth-order valence-electron chi connectivity index (χ4n) is 3.44. The minimum Gasteiger partial charge on any atom is -0.354 e. The van der Waals surface area contributed by atoms with Crippen LogP contribution in [0.4, 0.5) is 0 Å². The van der Waals surface area contributed by atoms with Crippen LogP contribution in [0.25, 0.3) is 16.0 Å². The Kier molecular flexibility index (Phi) is 5.80. The molecule has 0 aliphatic rings. The maximum atomic E-state index is 13.0. The fourth-order valence-corrected chi connectivity index (χ4v) is 4.26. The molecule has 0 aliphatic carbocycles. The summed E-state index contributed by atoms with van der Waals surface area (Å²) < 4.78 is 4.62. The SMILES string of the molecule is CCCCn1c(=O)c2sccc2n2c(=O)n(CC(=O)NCCc3ccccc3)nc12. The third kappa shape index (κ3) is 3.80. The van der Waals surface area contributed by atoms with Crippen molar-refractivity contribution in [3.05, 3.63) is 68.2 Å². The van der Waals surface area contributed by atoms with Crippen molar-refractivity contribution in [3.63, 3.8) is 0 Å². The number of aryl methyl sites for hydroxylation is 1. The maximum absolute atomic E-state index is 13.0. The number of rotatable bonds is 8. The number of benzene rings is 1. The average Bonchev–Trinajstić information content (AvgIpc) is 3.34. The van der Waals surface area contributed by atoms with E-state index in [2.05, 4.69) is 10.4 Å². The van der Waals surface area contributed by atoms with Crippen LogP contribution in [0.15, 0.2) is 51.4 Å². The second kappa shape index (κ2) is 8.66. The number of unbranched alkanes of at least 4 members (excludes halogenated alkanes) is 1. The van der Waals surface area contributed by atoms with Crippen molar-refractivity contribution in [2.75, 3.05) is 6.54 Å². The molecule has 30 heavy (non-hydrogen) atoms. The molecule has 3 aromatic heterocycles. The lowest BCUT2D eigenvalue weighted by atomic mass is 10.1. The summed E-state index contributed by atoms with van der Waals surface area (Å²) in [6, 6.07) is 11.6. The molecule has 3 heterocycles. The molecular weight excluding hydrogens is 402 g/mol. The molecule has 1 aromatic carbocycles. The van der Waals surface area contributed by atoms with E-state index in [0.29, 0.717) is 29.7 Å². The highest BCUT2D eigenvalue weighted by molar-refractivity contribution is 7.17. The molecule has 8 nitrogen and oxygen atoms in total. The summed E-state index contributed by atoms with van der Waals surface area (Å²) in [4.78, 5) is 38.2. The molecule has 0 unspecified atom stereocenters. The molecule has 0 bridgehead atoms. The Bertz CT molecular complexity index is 1300. The molecule has 4 aromatic rings. The van der Waals surface area contributed by atoms with Crippen LogP contribution in [-0.4, -0.2) is 31.2 Å². The molecule has 156 valence electrons. The van der Waals surface area contributed by atoms with Crippen molar-refractivity contribution in [1.82, 2.24) is 24.1 Å². The van der Waals surface area contributed by atoms with Gasteiger partial charge in [-0.3, -0.25) is 14.2 Å². The monoisotopic (exact) mass is 425 g/mol. The van der Waals surface area contributed by atoms with Crippen molar-refractivity contribution in [2.24, 2.45) is 0 Å². The van der Waals surface area contributed by atoms with Gasteiger partial charge in [0.05, 0.1) is 5.52 Å². The largest absolute Gasteiger partial charge is 0.354 e. The summed E-state index contributed by atoms with van der Waals surface area (Å²) in [7, 11) is 0. The lowest BCUT2D eigenvalue weighted by Crippen LogP contribution is -2.33. The van der Waals surface area contributed by atoms with Crippen LogP contribution in [-0.2, 0) is 24.3 Å². The highest BCUT2D eigenvalue weighted by atomic mass is 32.1. The highest BCUT2D eigenvalue weighted by Gasteiger charge is 2.19. The summed E-state index contributed by atoms with van der Waals surface area (Å²) in [5, 5.41) is 8.95. The molecule has 0 spiro atoms. The minimum absolute atomic E-state index is 0.148. The Morgan fingerprint density at radius 1 is 1.17 bits per heavy atom. The number of hydrogen-bond donors (Lipinski definition) is 1. The lowest BCUT2D eigenvalue weighted by Gasteiger charge is -2.06. The first kappa shape index (κ1) is 20.1. The summed E-state index contributed by atoms with van der Waals surface area (Å²) in [6.07, 6.45) is 2.42. The first-order chi connectivity index (χ1) is 14.6. The van der Waals surface area contributed by atoms with Gasteiger partial charge in [-0.05, 0) is 29.9 Å². The quantitative estimate of drug-likeness (QED) is 0.468. The first-order valence-corrected chi connectivity index (χ1v) is 10.9. The van der Waals surface area contributed by atoms with E-state index < -0.39 is 5.69 Å². The zero-order valence-electron chi connectivity index (χ0n) is 16.7. The van der Waals surface area contributed by atoms with Gasteiger partial charge >= 0.3 is 5.69 Å². The van der Waals surface area contributed by atoms with Gasteiger partial charge in [0.2, 0.25) is 11.7 Å². The Balaban J connectivity index is 1.60. The van der Waals surface area contributed by atoms with E-state index in [-0.39, 0.29) is 23.8 Å². The van der Waals surface area contributed by atoms with E-state index in [9.17, 15) is 14.4 Å². The molecule has 0 atom stereocenters. The minimum atomic E-state index is -0.420. The lowest BCUT2D eigenvalue weighted by molar-refractivity contribution is -0.121. The number of hydrogen-bond acceptors (Lipinski definition) is 5. The normalized spacial score (nSPS) is 11.4. The fraction of sp³-hybridized carbons (Fsp3) is 0.333. The van der Waals surface area contributed by atoms with Crippen LogP contribution >= 0.6 is 11.3 Å². The molecule has 1 N–H and O–H groups in total. The number of amides is 1. The number of nitrogens with zero attached hydrogens (tertiary/aromatic N) is 4. The molecule has 0 fully saturated rings. The van der Waals surface area contributed by atoms with Gasteiger partial charge in [-0.2, -0.15) is 0 Å². The van der Waals surface area contributed by atoms with Crippen LogP contribution in [0.2, 0.25) is 0 Å². The summed E-state index contributed by atoms with van der Waals surface area (Å²) in [5.74, 6) is -0.0121. The smallest absolute Gasteiger partial charge is 0.352 e. The van der Waals surface area contributed by atoms with Gasteiger partial charge in [0.15, 0.2) is 0 Å². The highest BCUT2D eigenvalue weighted by Crippen LogP contribution is 2.17. The second-order valence-corrected chi connectivity index (χ2v) is 8.02. The van der Waals surface area contributed by atoms with E-state index in [4.69, 9.17) is 0 Å². The van der Waals surface area contributed by atoms with Gasteiger partial charge in [0.1, 0.15) is 11.2 Å². The molecule has 0 radical (unpaired) electrons. The Labute approximate surface area is 176 Å². The van der Waals surface area contributed by atoms with Gasteiger partial charge in [-0.1, -0.05) is 43.7 Å². The van der Waals surface area contributed by atoms with Crippen molar-refractivity contribution >= 4 is 33.2 Å². The van der Waals surface area contributed by atoms with Gasteiger partial charge in [0.25, 0.3) is 5.56 Å². The van der Waals surface area contributed by atoms with Gasteiger partial charge in [-0.15, -0.1) is 16.4 Å². The first-order valence-electron chi connectivity index (χ1n) is 10.0. The zero-order valence-corrected chi connectivity index (χ0v) is 17.5. The molecule has 4 rings (SSSR count). The van der Waals surface area contributed by atoms with Crippen LogP contribution in [0.3, 0.4) is 0 Å². The van der Waals surface area contributed by atoms with E-state index in [1.54, 1.807) is 11.4 Å². The van der Waals surface area contributed by atoms with Crippen LogP contribution < -0.4 is 16.6 Å². The van der Waals surface area contributed by atoms with Gasteiger partial charge < -0.3 is 5.32 Å². The Morgan fingerprint density at radius 3 is 2.73 bits per heavy atom. The predicted molar refractivity (Wildman–Crippen MR) is 117 cm³/mol. The second-order valence-electron chi connectivity index (χ2n) is 7.11. The van der Waals surface area contributed by atoms with Gasteiger partial charge in [0, 0.05) is 13.1 Å². The topological polar surface area (TPSA) is 90.4 Å². The molecular formula is C21H23N5O3S. The Hall–Kier alpha value is -3.20.